The van der Waals surface area contributed by atoms with Crippen LogP contribution in [0.5, 0.6) is 0 Å². The highest BCUT2D eigenvalue weighted by Crippen LogP contribution is 2.30. The molecule has 1 N–H and O–H groups in total. The molecule has 0 radical (unpaired) electrons. The molecule has 0 saturated heterocycles. The molecule has 1 heterocycles. The molecule has 2 aromatic carbocycles. The molecule has 3 nitrogen and oxygen atoms in total. The van der Waals surface area contributed by atoms with Crippen molar-refractivity contribution in [2.45, 2.75) is 0 Å². The summed E-state index contributed by atoms with van der Waals surface area (Å²) >= 11 is 5.12. The summed E-state index contributed by atoms with van der Waals surface area (Å²) in [5.41, 5.74) is 0.860. The third kappa shape index (κ3) is 2.26. The van der Waals surface area contributed by atoms with Gasteiger partial charge in [0.2, 0.25) is 0 Å². The van der Waals surface area contributed by atoms with Gasteiger partial charge in [0.15, 0.2) is 5.82 Å². The van der Waals surface area contributed by atoms with Crippen LogP contribution in [-0.4, -0.2) is 9.97 Å². The molecule has 0 amide bonds. The van der Waals surface area contributed by atoms with Crippen LogP contribution in [0, 0.1) is 9.39 Å². The lowest BCUT2D eigenvalue weighted by atomic mass is 10.2. The van der Waals surface area contributed by atoms with E-state index in [4.69, 9.17) is 0 Å². The van der Waals surface area contributed by atoms with Crippen molar-refractivity contribution in [3.05, 3.63) is 60.6 Å². The molecule has 0 aliphatic rings. The van der Waals surface area contributed by atoms with Crippen molar-refractivity contribution in [3.8, 4) is 11.4 Å². The van der Waals surface area contributed by atoms with Crippen molar-refractivity contribution in [2.75, 3.05) is 0 Å². The molecule has 6 heteroatoms. The SMILES string of the molecule is O=c1[nH]c(-c2ccc(I)c(F)c2Br)nc2ccccc12. The van der Waals surface area contributed by atoms with Crippen LogP contribution in [0.25, 0.3) is 22.3 Å². The number of fused-ring (bicyclic) bond motifs is 1. The maximum Gasteiger partial charge on any atom is 0.259 e. The number of nitrogens with one attached hydrogen (secondary N) is 1. The average molecular weight is 445 g/mol. The fourth-order valence-electron chi connectivity index (χ4n) is 1.92. The number of para-hydroxylation sites is 1. The molecule has 0 bridgehead atoms. The zero-order valence-electron chi connectivity index (χ0n) is 9.95. The van der Waals surface area contributed by atoms with Crippen LogP contribution in [0.1, 0.15) is 0 Å². The van der Waals surface area contributed by atoms with Gasteiger partial charge < -0.3 is 4.98 Å². The molecule has 0 saturated carbocycles. The van der Waals surface area contributed by atoms with E-state index in [0.717, 1.165) is 0 Å². The van der Waals surface area contributed by atoms with E-state index in [9.17, 15) is 9.18 Å². The Morgan fingerprint density at radius 3 is 2.75 bits per heavy atom. The van der Waals surface area contributed by atoms with Crippen molar-refractivity contribution in [3.63, 3.8) is 0 Å². The minimum Gasteiger partial charge on any atom is -0.306 e. The molecule has 3 aromatic rings. The Labute approximate surface area is 135 Å². The Hall–Kier alpha value is -1.28. The Morgan fingerprint density at radius 1 is 1.20 bits per heavy atom. The summed E-state index contributed by atoms with van der Waals surface area (Å²) in [6, 6.07) is 10.4. The predicted octanol–water partition coefficient (Wildman–Crippen LogP) is 4.10. The van der Waals surface area contributed by atoms with Gasteiger partial charge in [-0.15, -0.1) is 0 Å². The zero-order valence-corrected chi connectivity index (χ0v) is 13.7. The normalized spacial score (nSPS) is 10.9. The van der Waals surface area contributed by atoms with Gasteiger partial charge in [-0.2, -0.15) is 0 Å². The molecule has 0 fully saturated rings. The first-order chi connectivity index (χ1) is 9.58. The van der Waals surface area contributed by atoms with E-state index in [2.05, 4.69) is 25.9 Å². The molecule has 0 aliphatic carbocycles. The smallest absolute Gasteiger partial charge is 0.259 e. The second kappa shape index (κ2) is 5.25. The molecule has 0 unspecified atom stereocenters. The minimum atomic E-state index is -0.362. The molecule has 1 aromatic heterocycles. The number of hydrogen-bond donors (Lipinski definition) is 1. The molecule has 0 atom stereocenters. The minimum absolute atomic E-state index is 0.239. The summed E-state index contributed by atoms with van der Waals surface area (Å²) < 4.78 is 14.7. The number of benzene rings is 2. The third-order valence-corrected chi connectivity index (χ3v) is 4.51. The molecular weight excluding hydrogens is 438 g/mol. The van der Waals surface area contributed by atoms with Gasteiger partial charge in [0.25, 0.3) is 5.56 Å². The molecular formula is C14H7BrFIN2O. The largest absolute Gasteiger partial charge is 0.306 e. The lowest BCUT2D eigenvalue weighted by molar-refractivity contribution is 0.614. The topological polar surface area (TPSA) is 45.8 Å². The van der Waals surface area contributed by atoms with Gasteiger partial charge in [-0.1, -0.05) is 12.1 Å². The highest BCUT2D eigenvalue weighted by atomic mass is 127. The van der Waals surface area contributed by atoms with Gasteiger partial charge >= 0.3 is 0 Å². The first-order valence-corrected chi connectivity index (χ1v) is 7.58. The van der Waals surface area contributed by atoms with Gasteiger partial charge in [0.1, 0.15) is 5.82 Å². The van der Waals surface area contributed by atoms with Gasteiger partial charge in [-0.3, -0.25) is 4.79 Å². The van der Waals surface area contributed by atoms with Crippen LogP contribution in [0.15, 0.2) is 45.7 Å². The van der Waals surface area contributed by atoms with Crippen molar-refractivity contribution >= 4 is 49.4 Å². The van der Waals surface area contributed by atoms with E-state index in [-0.39, 0.29) is 11.4 Å². The maximum absolute atomic E-state index is 13.9. The second-order valence-corrected chi connectivity index (χ2v) is 6.11. The fraction of sp³-hybridized carbons (Fsp3) is 0. The van der Waals surface area contributed by atoms with E-state index in [1.54, 1.807) is 30.3 Å². The quantitative estimate of drug-likeness (QED) is 0.453. The molecule has 0 aliphatic heterocycles. The molecule has 3 rings (SSSR count). The van der Waals surface area contributed by atoms with Crippen LogP contribution in [0.4, 0.5) is 4.39 Å². The van der Waals surface area contributed by atoms with E-state index < -0.39 is 0 Å². The standard InChI is InChI=1S/C14H7BrFIN2O/c15-11-8(5-6-9(17)12(11)16)13-18-10-4-2-1-3-7(10)14(20)19-13/h1-6H,(H,18,19,20). The number of aromatic amines is 1. The number of halogens is 3. The Balaban J connectivity index is 2.31. The zero-order chi connectivity index (χ0) is 14.3. The van der Waals surface area contributed by atoms with Gasteiger partial charge in [-0.25, -0.2) is 9.37 Å². The van der Waals surface area contributed by atoms with Crippen molar-refractivity contribution < 1.29 is 4.39 Å². The van der Waals surface area contributed by atoms with Gasteiger partial charge in [0, 0.05) is 9.13 Å². The first-order valence-electron chi connectivity index (χ1n) is 5.71. The summed E-state index contributed by atoms with van der Waals surface area (Å²) in [6.45, 7) is 0. The lowest BCUT2D eigenvalue weighted by Gasteiger charge is -2.07. The monoisotopic (exact) mass is 444 g/mol. The lowest BCUT2D eigenvalue weighted by Crippen LogP contribution is -2.09. The average Bonchev–Trinajstić information content (AvgIpc) is 2.45. The van der Waals surface area contributed by atoms with Crippen LogP contribution in [-0.2, 0) is 0 Å². The summed E-state index contributed by atoms with van der Waals surface area (Å²) in [5.74, 6) is -0.0187. The van der Waals surface area contributed by atoms with Crippen LogP contribution < -0.4 is 5.56 Å². The number of H-pyrrole nitrogens is 1. The number of aromatic nitrogens is 2. The van der Waals surface area contributed by atoms with Crippen LogP contribution in [0.3, 0.4) is 0 Å². The molecule has 20 heavy (non-hydrogen) atoms. The predicted molar refractivity (Wildman–Crippen MR) is 88.2 cm³/mol. The fourth-order valence-corrected chi connectivity index (χ4v) is 3.28. The van der Waals surface area contributed by atoms with Crippen molar-refractivity contribution in [1.29, 1.82) is 0 Å². The van der Waals surface area contributed by atoms with Crippen molar-refractivity contribution in [2.24, 2.45) is 0 Å². The second-order valence-electron chi connectivity index (χ2n) is 4.15. The summed E-state index contributed by atoms with van der Waals surface area (Å²) in [6.07, 6.45) is 0. The van der Waals surface area contributed by atoms with E-state index in [1.807, 2.05) is 28.7 Å². The van der Waals surface area contributed by atoms with Crippen LogP contribution >= 0.6 is 38.5 Å². The van der Waals surface area contributed by atoms with Gasteiger partial charge in [-0.05, 0) is 62.8 Å². The van der Waals surface area contributed by atoms with Crippen molar-refractivity contribution in [1.82, 2.24) is 9.97 Å². The third-order valence-electron chi connectivity index (χ3n) is 2.90. The number of rotatable bonds is 1. The number of nitrogens with zero attached hydrogens (tertiary/aromatic N) is 1. The first kappa shape index (κ1) is 13.7. The van der Waals surface area contributed by atoms with Gasteiger partial charge in [0.05, 0.1) is 15.4 Å². The van der Waals surface area contributed by atoms with E-state index in [1.165, 1.54) is 0 Å². The highest BCUT2D eigenvalue weighted by molar-refractivity contribution is 14.1. The Bertz CT molecular complexity index is 879. The Morgan fingerprint density at radius 2 is 1.95 bits per heavy atom. The molecule has 100 valence electrons. The molecule has 0 spiro atoms. The van der Waals surface area contributed by atoms with E-state index in [0.29, 0.717) is 30.3 Å². The summed E-state index contributed by atoms with van der Waals surface area (Å²) in [4.78, 5) is 19.1. The summed E-state index contributed by atoms with van der Waals surface area (Å²) in [5, 5.41) is 0.512. The maximum atomic E-state index is 13.9. The Kier molecular flexibility index (Phi) is 3.59. The van der Waals surface area contributed by atoms with E-state index >= 15 is 0 Å². The van der Waals surface area contributed by atoms with Crippen LogP contribution in [0.2, 0.25) is 0 Å². The highest BCUT2D eigenvalue weighted by Gasteiger charge is 2.14. The number of hydrogen-bond acceptors (Lipinski definition) is 2. The summed E-state index contributed by atoms with van der Waals surface area (Å²) in [7, 11) is 0.